The third-order valence-corrected chi connectivity index (χ3v) is 5.02. The highest BCUT2D eigenvalue weighted by Gasteiger charge is 2.33. The van der Waals surface area contributed by atoms with E-state index < -0.39 is 23.8 Å². The quantitative estimate of drug-likeness (QED) is 0.333. The normalized spacial score (nSPS) is 11.1. The molecule has 0 saturated carbocycles. The summed E-state index contributed by atoms with van der Waals surface area (Å²) in [5.41, 5.74) is -0.263. The Morgan fingerprint density at radius 2 is 1.50 bits per heavy atom. The molecule has 8 nitrogen and oxygen atoms in total. The van der Waals surface area contributed by atoms with Crippen LogP contribution in [0.1, 0.15) is 26.5 Å². The van der Waals surface area contributed by atoms with Gasteiger partial charge in [-0.3, -0.25) is 0 Å². The Balaban J connectivity index is 1.75. The molecular weight excluding hydrogens is 479 g/mol. The maximum Gasteiger partial charge on any atom is 0.433 e. The van der Waals surface area contributed by atoms with Crippen molar-refractivity contribution < 1.29 is 37.0 Å². The molecule has 0 N–H and O–H groups in total. The smallest absolute Gasteiger partial charge is 0.433 e. The molecule has 0 unspecified atom stereocenters. The second kappa shape index (κ2) is 9.90. The molecule has 0 radical (unpaired) electrons. The van der Waals surface area contributed by atoms with Gasteiger partial charge in [-0.05, 0) is 42.5 Å². The summed E-state index contributed by atoms with van der Waals surface area (Å²) in [6.45, 7) is 0. The number of hydrogen-bond acceptors (Lipinski definition) is 7. The van der Waals surface area contributed by atoms with Crippen molar-refractivity contribution in [3.05, 3.63) is 89.7 Å². The molecule has 11 heteroatoms. The summed E-state index contributed by atoms with van der Waals surface area (Å²) in [7, 11) is 2.35. The van der Waals surface area contributed by atoms with Crippen molar-refractivity contribution in [2.75, 3.05) is 14.2 Å². The van der Waals surface area contributed by atoms with E-state index in [0.717, 1.165) is 6.07 Å². The summed E-state index contributed by atoms with van der Waals surface area (Å²) in [5.74, 6) is -1.65. The van der Waals surface area contributed by atoms with Crippen LogP contribution < -0.4 is 4.74 Å². The van der Waals surface area contributed by atoms with Gasteiger partial charge in [-0.2, -0.15) is 18.3 Å². The Bertz CT molecular complexity index is 1400. The Morgan fingerprint density at radius 1 is 0.833 bits per heavy atom. The van der Waals surface area contributed by atoms with E-state index in [2.05, 4.69) is 10.1 Å². The molecule has 2 aromatic heterocycles. The summed E-state index contributed by atoms with van der Waals surface area (Å²) in [6.07, 6.45) is -4.61. The lowest BCUT2D eigenvalue weighted by molar-refractivity contribution is -0.141. The van der Waals surface area contributed by atoms with Gasteiger partial charge in [0, 0.05) is 11.6 Å². The van der Waals surface area contributed by atoms with Crippen molar-refractivity contribution >= 4 is 11.9 Å². The fraction of sp³-hybridized carbons (Fsp3) is 0.120. The molecule has 4 aromatic rings. The van der Waals surface area contributed by atoms with Gasteiger partial charge >= 0.3 is 18.1 Å². The minimum atomic E-state index is -4.61. The van der Waals surface area contributed by atoms with Crippen molar-refractivity contribution in [1.82, 2.24) is 14.8 Å². The maximum atomic E-state index is 12.9. The molecule has 2 aromatic carbocycles. The van der Waals surface area contributed by atoms with E-state index in [1.807, 2.05) is 0 Å². The molecule has 0 spiro atoms. The number of aromatic nitrogens is 3. The van der Waals surface area contributed by atoms with E-state index in [1.165, 1.54) is 55.3 Å². The van der Waals surface area contributed by atoms with Gasteiger partial charge in [0.05, 0.1) is 19.9 Å². The molecule has 4 rings (SSSR count). The predicted octanol–water partition coefficient (Wildman–Crippen LogP) is 5.32. The number of methoxy groups -OCH3 is 2. The first kappa shape index (κ1) is 24.5. The van der Waals surface area contributed by atoms with Crippen LogP contribution in [0.3, 0.4) is 0 Å². The standard InChI is InChI=1S/C25H18F3N3O5/c1-34-23(32)20-21(30-31(22(20)24(33)35-2)16-7-4-3-5-8-16)15-11-13-17(14-12-15)36-19-10-6-9-18(29-19)25(26,27)28/h3-14H,1-2H3. The number of rotatable bonds is 6. The second-order valence-electron chi connectivity index (χ2n) is 7.29. The average molecular weight is 497 g/mol. The Kier molecular flexibility index (Phi) is 6.73. The van der Waals surface area contributed by atoms with E-state index in [0.29, 0.717) is 11.3 Å². The number of alkyl halides is 3. The van der Waals surface area contributed by atoms with Crippen molar-refractivity contribution in [3.63, 3.8) is 0 Å². The van der Waals surface area contributed by atoms with E-state index >= 15 is 0 Å². The van der Waals surface area contributed by atoms with Crippen molar-refractivity contribution in [2.24, 2.45) is 0 Å². The van der Waals surface area contributed by atoms with Gasteiger partial charge in [0.15, 0.2) is 5.69 Å². The monoisotopic (exact) mass is 497 g/mol. The minimum Gasteiger partial charge on any atom is -0.465 e. The summed E-state index contributed by atoms with van der Waals surface area (Å²) < 4.78 is 55.3. The van der Waals surface area contributed by atoms with Gasteiger partial charge in [0.2, 0.25) is 5.88 Å². The Labute approximate surface area is 202 Å². The highest BCUT2D eigenvalue weighted by Crippen LogP contribution is 2.32. The topological polar surface area (TPSA) is 92.5 Å². The SMILES string of the molecule is COC(=O)c1c(-c2ccc(Oc3cccc(C(F)(F)F)n3)cc2)nn(-c2ccccc2)c1C(=O)OC. The van der Waals surface area contributed by atoms with Crippen LogP contribution in [0.15, 0.2) is 72.8 Å². The highest BCUT2D eigenvalue weighted by atomic mass is 19.4. The van der Waals surface area contributed by atoms with Gasteiger partial charge in [-0.15, -0.1) is 0 Å². The first-order valence-corrected chi connectivity index (χ1v) is 10.4. The van der Waals surface area contributed by atoms with E-state index in [1.54, 1.807) is 30.3 Å². The van der Waals surface area contributed by atoms with Crippen molar-refractivity contribution in [3.8, 4) is 28.6 Å². The number of carbonyl (C=O) groups excluding carboxylic acids is 2. The average Bonchev–Trinajstić information content (AvgIpc) is 3.29. The summed E-state index contributed by atoms with van der Waals surface area (Å²) in [5, 5.41) is 4.48. The molecule has 0 bridgehead atoms. The number of hydrogen-bond donors (Lipinski definition) is 0. The first-order valence-electron chi connectivity index (χ1n) is 10.4. The number of halogens is 3. The maximum absolute atomic E-state index is 12.9. The largest absolute Gasteiger partial charge is 0.465 e. The van der Waals surface area contributed by atoms with Gasteiger partial charge in [0.25, 0.3) is 0 Å². The van der Waals surface area contributed by atoms with E-state index in [9.17, 15) is 22.8 Å². The van der Waals surface area contributed by atoms with Crippen molar-refractivity contribution in [1.29, 1.82) is 0 Å². The van der Waals surface area contributed by atoms with E-state index in [-0.39, 0.29) is 28.6 Å². The molecule has 0 aliphatic rings. The minimum absolute atomic E-state index is 0.110. The number of benzene rings is 2. The molecule has 2 heterocycles. The lowest BCUT2D eigenvalue weighted by atomic mass is 10.1. The number of pyridine rings is 1. The van der Waals surface area contributed by atoms with Crippen molar-refractivity contribution in [2.45, 2.75) is 6.18 Å². The Hall–Kier alpha value is -4.67. The number of carbonyl (C=O) groups is 2. The highest BCUT2D eigenvalue weighted by molar-refractivity contribution is 6.06. The zero-order valence-corrected chi connectivity index (χ0v) is 18.9. The lowest BCUT2D eigenvalue weighted by Gasteiger charge is -2.09. The van der Waals surface area contributed by atoms with Crippen LogP contribution in [0.5, 0.6) is 11.6 Å². The molecule has 0 aliphatic heterocycles. The number of para-hydroxylation sites is 1. The lowest BCUT2D eigenvalue weighted by Crippen LogP contribution is -2.15. The summed E-state index contributed by atoms with van der Waals surface area (Å²) in [6, 6.07) is 18.0. The molecule has 0 atom stereocenters. The van der Waals surface area contributed by atoms with Gasteiger partial charge < -0.3 is 14.2 Å². The third-order valence-electron chi connectivity index (χ3n) is 5.02. The number of nitrogens with zero attached hydrogens (tertiary/aromatic N) is 3. The second-order valence-corrected chi connectivity index (χ2v) is 7.29. The molecule has 36 heavy (non-hydrogen) atoms. The predicted molar refractivity (Wildman–Crippen MR) is 121 cm³/mol. The van der Waals surface area contributed by atoms with Crippen LogP contribution in [0.2, 0.25) is 0 Å². The summed E-state index contributed by atoms with van der Waals surface area (Å²) in [4.78, 5) is 28.8. The number of ether oxygens (including phenoxy) is 3. The molecule has 0 aliphatic carbocycles. The zero-order valence-electron chi connectivity index (χ0n) is 18.9. The molecular formula is C25H18F3N3O5. The molecule has 0 fully saturated rings. The van der Waals surface area contributed by atoms with Crippen LogP contribution in [0, 0.1) is 0 Å². The Morgan fingerprint density at radius 3 is 2.11 bits per heavy atom. The molecule has 0 amide bonds. The third kappa shape index (κ3) is 4.90. The van der Waals surface area contributed by atoms with Crippen LogP contribution in [-0.2, 0) is 15.7 Å². The number of esters is 2. The first-order chi connectivity index (χ1) is 17.2. The molecule has 0 saturated heterocycles. The van der Waals surface area contributed by atoms with E-state index in [4.69, 9.17) is 14.2 Å². The van der Waals surface area contributed by atoms with Gasteiger partial charge in [0.1, 0.15) is 22.7 Å². The molecule has 184 valence electrons. The summed E-state index contributed by atoms with van der Waals surface area (Å²) >= 11 is 0. The van der Waals surface area contributed by atoms with Gasteiger partial charge in [-0.25, -0.2) is 19.3 Å². The zero-order chi connectivity index (χ0) is 25.9. The van der Waals surface area contributed by atoms with Crippen LogP contribution in [-0.4, -0.2) is 40.9 Å². The van der Waals surface area contributed by atoms with Gasteiger partial charge in [-0.1, -0.05) is 24.3 Å². The van der Waals surface area contributed by atoms with Crippen LogP contribution in [0.4, 0.5) is 13.2 Å². The fourth-order valence-corrected chi connectivity index (χ4v) is 3.39. The fourth-order valence-electron chi connectivity index (χ4n) is 3.39. The van der Waals surface area contributed by atoms with Crippen LogP contribution in [0.25, 0.3) is 16.9 Å². The van der Waals surface area contributed by atoms with Crippen LogP contribution >= 0.6 is 0 Å².